The van der Waals surface area contributed by atoms with Gasteiger partial charge < -0.3 is 4.74 Å². The Kier molecular flexibility index (Phi) is 4.49. The van der Waals surface area contributed by atoms with E-state index in [9.17, 15) is 0 Å². The molecule has 0 atom stereocenters. The average Bonchev–Trinajstić information content (AvgIpc) is 2.41. The van der Waals surface area contributed by atoms with E-state index in [1.165, 1.54) is 5.56 Å². The van der Waals surface area contributed by atoms with Gasteiger partial charge in [0.2, 0.25) is 0 Å². The molecule has 0 aliphatic heterocycles. The molecule has 2 heteroatoms. The molecule has 2 aromatic rings. The second-order valence-corrected chi connectivity index (χ2v) is 5.33. The van der Waals surface area contributed by atoms with Crippen molar-refractivity contribution in [3.8, 4) is 11.5 Å². The summed E-state index contributed by atoms with van der Waals surface area (Å²) in [7, 11) is 0. The summed E-state index contributed by atoms with van der Waals surface area (Å²) in [6.07, 6.45) is 0. The molecule has 0 unspecified atom stereocenters. The summed E-state index contributed by atoms with van der Waals surface area (Å²) >= 11 is 5.87. The van der Waals surface area contributed by atoms with Crippen LogP contribution >= 0.6 is 11.6 Å². The number of rotatable bonds is 4. The zero-order valence-electron chi connectivity index (χ0n) is 11.6. The van der Waals surface area contributed by atoms with E-state index in [2.05, 4.69) is 26.0 Å². The Bertz CT molecular complexity index is 561. The summed E-state index contributed by atoms with van der Waals surface area (Å²) in [5.41, 5.74) is 3.47. The van der Waals surface area contributed by atoms with Gasteiger partial charge in [-0.3, -0.25) is 0 Å². The van der Waals surface area contributed by atoms with Crippen molar-refractivity contribution in [2.75, 3.05) is 0 Å². The molecule has 100 valence electrons. The summed E-state index contributed by atoms with van der Waals surface area (Å²) in [5.74, 6) is 2.75. The van der Waals surface area contributed by atoms with Crippen LogP contribution in [0, 0.1) is 6.92 Å². The van der Waals surface area contributed by atoms with Gasteiger partial charge in [-0.2, -0.15) is 0 Å². The molecule has 19 heavy (non-hydrogen) atoms. The van der Waals surface area contributed by atoms with Crippen LogP contribution in [0.15, 0.2) is 42.5 Å². The minimum atomic E-state index is 0.499. The van der Waals surface area contributed by atoms with Crippen molar-refractivity contribution < 1.29 is 4.74 Å². The van der Waals surface area contributed by atoms with Gasteiger partial charge >= 0.3 is 0 Å². The Labute approximate surface area is 120 Å². The smallest absolute Gasteiger partial charge is 0.130 e. The molecule has 0 N–H and O–H groups in total. The average molecular weight is 275 g/mol. The summed E-state index contributed by atoms with van der Waals surface area (Å²) in [6.45, 7) is 6.40. The molecular weight excluding hydrogens is 256 g/mol. The van der Waals surface area contributed by atoms with Crippen molar-refractivity contribution in [3.63, 3.8) is 0 Å². The molecule has 0 aromatic heterocycles. The molecule has 0 saturated heterocycles. The zero-order chi connectivity index (χ0) is 13.8. The van der Waals surface area contributed by atoms with E-state index in [4.69, 9.17) is 16.3 Å². The molecule has 1 nitrogen and oxygen atoms in total. The van der Waals surface area contributed by atoms with Crippen LogP contribution in [0.1, 0.15) is 36.5 Å². The van der Waals surface area contributed by atoms with E-state index in [-0.39, 0.29) is 0 Å². The Balaban J connectivity index is 2.28. The third-order valence-electron chi connectivity index (χ3n) is 3.16. The first-order chi connectivity index (χ1) is 9.10. The quantitative estimate of drug-likeness (QED) is 0.655. The zero-order valence-corrected chi connectivity index (χ0v) is 12.4. The molecule has 0 heterocycles. The number of aryl methyl sites for hydroxylation is 1. The summed E-state index contributed by atoms with van der Waals surface area (Å²) in [6, 6.07) is 14.3. The number of halogens is 1. The first-order valence-electron chi connectivity index (χ1n) is 6.53. The molecule has 0 aliphatic rings. The molecule has 0 fully saturated rings. The Morgan fingerprint density at radius 2 is 1.89 bits per heavy atom. The number of benzene rings is 2. The lowest BCUT2D eigenvalue weighted by molar-refractivity contribution is 0.477. The second-order valence-electron chi connectivity index (χ2n) is 5.06. The highest BCUT2D eigenvalue weighted by molar-refractivity contribution is 6.17. The topological polar surface area (TPSA) is 9.23 Å². The molecule has 0 aliphatic carbocycles. The molecule has 2 aromatic carbocycles. The van der Waals surface area contributed by atoms with Crippen LogP contribution in [0.4, 0.5) is 0 Å². The van der Waals surface area contributed by atoms with Gasteiger partial charge in [-0.05, 0) is 47.7 Å². The van der Waals surface area contributed by atoms with Gasteiger partial charge in [0.1, 0.15) is 11.5 Å². The Hall–Kier alpha value is -1.47. The predicted octanol–water partition coefficient (Wildman–Crippen LogP) is 5.65. The van der Waals surface area contributed by atoms with Crippen molar-refractivity contribution in [1.82, 2.24) is 0 Å². The lowest BCUT2D eigenvalue weighted by atomic mass is 10.0. The van der Waals surface area contributed by atoms with Gasteiger partial charge in [0, 0.05) is 5.88 Å². The minimum Gasteiger partial charge on any atom is -0.457 e. The Morgan fingerprint density at radius 3 is 2.58 bits per heavy atom. The van der Waals surface area contributed by atoms with Gasteiger partial charge in [-0.25, -0.2) is 0 Å². The van der Waals surface area contributed by atoms with Crippen LogP contribution in [0.25, 0.3) is 0 Å². The minimum absolute atomic E-state index is 0.499. The number of alkyl halides is 1. The maximum Gasteiger partial charge on any atom is 0.130 e. The van der Waals surface area contributed by atoms with Crippen molar-refractivity contribution in [3.05, 3.63) is 59.2 Å². The largest absolute Gasteiger partial charge is 0.457 e. The fourth-order valence-corrected chi connectivity index (χ4v) is 2.07. The number of hydrogen-bond acceptors (Lipinski definition) is 1. The van der Waals surface area contributed by atoms with E-state index in [0.29, 0.717) is 11.8 Å². The highest BCUT2D eigenvalue weighted by Crippen LogP contribution is 2.28. The van der Waals surface area contributed by atoms with E-state index >= 15 is 0 Å². The third-order valence-corrected chi connectivity index (χ3v) is 3.47. The van der Waals surface area contributed by atoms with Crippen LogP contribution in [0.5, 0.6) is 11.5 Å². The molecule has 0 radical (unpaired) electrons. The first-order valence-corrected chi connectivity index (χ1v) is 7.07. The van der Waals surface area contributed by atoms with Crippen molar-refractivity contribution in [1.29, 1.82) is 0 Å². The van der Waals surface area contributed by atoms with Crippen LogP contribution < -0.4 is 4.74 Å². The van der Waals surface area contributed by atoms with Crippen LogP contribution in [-0.4, -0.2) is 0 Å². The van der Waals surface area contributed by atoms with E-state index in [1.54, 1.807) is 0 Å². The predicted molar refractivity (Wildman–Crippen MR) is 81.3 cm³/mol. The van der Waals surface area contributed by atoms with Crippen molar-refractivity contribution >= 4 is 11.6 Å². The lowest BCUT2D eigenvalue weighted by Gasteiger charge is -2.12. The van der Waals surface area contributed by atoms with Crippen LogP contribution in [0.2, 0.25) is 0 Å². The van der Waals surface area contributed by atoms with Crippen molar-refractivity contribution in [2.45, 2.75) is 32.6 Å². The maximum absolute atomic E-state index is 5.98. The lowest BCUT2D eigenvalue weighted by Crippen LogP contribution is -1.92. The second kappa shape index (κ2) is 6.12. The fraction of sp³-hybridized carbons (Fsp3) is 0.294. The third kappa shape index (κ3) is 3.51. The highest BCUT2D eigenvalue weighted by Gasteiger charge is 2.05. The van der Waals surface area contributed by atoms with E-state index in [0.717, 1.165) is 22.6 Å². The van der Waals surface area contributed by atoms with E-state index in [1.807, 2.05) is 37.3 Å². The summed E-state index contributed by atoms with van der Waals surface area (Å²) < 4.78 is 5.98. The summed E-state index contributed by atoms with van der Waals surface area (Å²) in [5, 5.41) is 0. The molecule has 0 bridgehead atoms. The molecule has 0 spiro atoms. The normalized spacial score (nSPS) is 10.8. The van der Waals surface area contributed by atoms with Gasteiger partial charge in [0.05, 0.1) is 0 Å². The molecular formula is C17H19ClO. The fourth-order valence-electron chi connectivity index (χ4n) is 1.90. The monoisotopic (exact) mass is 274 g/mol. The first kappa shape index (κ1) is 14.0. The molecule has 2 rings (SSSR count). The summed E-state index contributed by atoms with van der Waals surface area (Å²) in [4.78, 5) is 0. The number of hydrogen-bond donors (Lipinski definition) is 0. The van der Waals surface area contributed by atoms with Crippen molar-refractivity contribution in [2.24, 2.45) is 0 Å². The van der Waals surface area contributed by atoms with Gasteiger partial charge in [-0.15, -0.1) is 11.6 Å². The van der Waals surface area contributed by atoms with Crippen LogP contribution in [0.3, 0.4) is 0 Å². The highest BCUT2D eigenvalue weighted by atomic mass is 35.5. The molecule has 0 amide bonds. The maximum atomic E-state index is 5.98. The van der Waals surface area contributed by atoms with Gasteiger partial charge in [0.15, 0.2) is 0 Å². The van der Waals surface area contributed by atoms with Gasteiger partial charge in [-0.1, -0.05) is 38.1 Å². The standard InChI is InChI=1S/C17H19ClO/c1-12(2)15-5-4-6-16(10-15)19-17-9-14(11-18)8-7-13(17)3/h4-10,12H,11H2,1-3H3. The van der Waals surface area contributed by atoms with Crippen LogP contribution in [-0.2, 0) is 5.88 Å². The van der Waals surface area contributed by atoms with Gasteiger partial charge in [0.25, 0.3) is 0 Å². The Morgan fingerprint density at radius 1 is 1.11 bits per heavy atom. The SMILES string of the molecule is Cc1ccc(CCl)cc1Oc1cccc(C(C)C)c1. The number of ether oxygens (including phenoxy) is 1. The molecule has 0 saturated carbocycles. The van der Waals surface area contributed by atoms with E-state index < -0.39 is 0 Å².